The summed E-state index contributed by atoms with van der Waals surface area (Å²) in [4.78, 5) is 29.8. The van der Waals surface area contributed by atoms with Crippen LogP contribution in [0.25, 0.3) is 11.7 Å². The highest BCUT2D eigenvalue weighted by Gasteiger charge is 2.17. The number of rotatable bonds is 8. The number of carbonyl (C=O) groups excluding carboxylic acids is 1. The van der Waals surface area contributed by atoms with Crippen molar-refractivity contribution in [3.8, 4) is 23.4 Å². The fraction of sp³-hybridized carbons (Fsp3) is 0.182. The Morgan fingerprint density at radius 1 is 1.19 bits per heavy atom. The second-order valence-corrected chi connectivity index (χ2v) is 6.26. The van der Waals surface area contributed by atoms with Crippen molar-refractivity contribution in [3.63, 3.8) is 0 Å². The minimum absolute atomic E-state index is 0.0289. The van der Waals surface area contributed by atoms with Crippen LogP contribution in [0.15, 0.2) is 59.0 Å². The van der Waals surface area contributed by atoms with E-state index in [1.165, 1.54) is 17.6 Å². The van der Waals surface area contributed by atoms with Crippen LogP contribution >= 0.6 is 0 Å². The highest BCUT2D eigenvalue weighted by molar-refractivity contribution is 6.01. The number of aromatic nitrogens is 2. The Hall–Kier alpha value is -4.16. The molecular weight excluding hydrogens is 400 g/mol. The first kappa shape index (κ1) is 21.5. The minimum Gasteiger partial charge on any atom is -0.497 e. The quantitative estimate of drug-likeness (QED) is 0.337. The molecule has 0 saturated heterocycles. The Kier molecular flexibility index (Phi) is 6.98. The summed E-state index contributed by atoms with van der Waals surface area (Å²) in [6.07, 6.45) is 2.72. The molecule has 0 bridgehead atoms. The molecule has 158 valence electrons. The van der Waals surface area contributed by atoms with Gasteiger partial charge >= 0.3 is 0 Å². The summed E-state index contributed by atoms with van der Waals surface area (Å²) in [5.41, 5.74) is -0.411. The van der Waals surface area contributed by atoms with Gasteiger partial charge in [-0.15, -0.1) is 0 Å². The van der Waals surface area contributed by atoms with Crippen LogP contribution in [-0.2, 0) is 9.53 Å². The second-order valence-electron chi connectivity index (χ2n) is 6.26. The van der Waals surface area contributed by atoms with Crippen LogP contribution in [0, 0.1) is 11.3 Å². The van der Waals surface area contributed by atoms with Gasteiger partial charge in [-0.2, -0.15) is 10.2 Å². The van der Waals surface area contributed by atoms with Gasteiger partial charge in [-0.05, 0) is 42.5 Å². The van der Waals surface area contributed by atoms with E-state index in [2.05, 4.69) is 10.3 Å². The molecular formula is C22H20N4O5. The monoisotopic (exact) mass is 420 g/mol. The number of methoxy groups -OCH3 is 2. The molecule has 3 rings (SSSR count). The van der Waals surface area contributed by atoms with E-state index in [1.807, 2.05) is 6.07 Å². The van der Waals surface area contributed by atoms with Gasteiger partial charge < -0.3 is 19.5 Å². The van der Waals surface area contributed by atoms with Gasteiger partial charge in [0.1, 0.15) is 34.4 Å². The van der Waals surface area contributed by atoms with Crippen LogP contribution in [-0.4, -0.2) is 42.7 Å². The average Bonchev–Trinajstić information content (AvgIpc) is 2.79. The Balaban J connectivity index is 2.08. The Labute approximate surface area is 178 Å². The SMILES string of the molecule is COCCNC(=O)/C(C#N)=C/c1c(Oc2ccc(OC)cc2)nc2ccccn2c1=O. The first-order valence-electron chi connectivity index (χ1n) is 9.29. The number of amides is 1. The lowest BCUT2D eigenvalue weighted by Gasteiger charge is -2.11. The number of carbonyl (C=O) groups is 1. The van der Waals surface area contributed by atoms with Gasteiger partial charge in [-0.1, -0.05) is 6.07 Å². The third kappa shape index (κ3) is 5.07. The van der Waals surface area contributed by atoms with Gasteiger partial charge in [0.2, 0.25) is 5.88 Å². The first-order valence-corrected chi connectivity index (χ1v) is 9.29. The summed E-state index contributed by atoms with van der Waals surface area (Å²) >= 11 is 0. The maximum absolute atomic E-state index is 13.1. The van der Waals surface area contributed by atoms with Crippen LogP contribution in [0.1, 0.15) is 5.56 Å². The topological polar surface area (TPSA) is 115 Å². The van der Waals surface area contributed by atoms with Gasteiger partial charge in [0.05, 0.1) is 13.7 Å². The molecule has 3 aromatic rings. The van der Waals surface area contributed by atoms with Gasteiger partial charge in [0.15, 0.2) is 0 Å². The molecule has 1 aromatic carbocycles. The Morgan fingerprint density at radius 2 is 1.94 bits per heavy atom. The molecule has 0 saturated carbocycles. The number of hydrogen-bond acceptors (Lipinski definition) is 7. The van der Waals surface area contributed by atoms with E-state index < -0.39 is 11.5 Å². The van der Waals surface area contributed by atoms with Gasteiger partial charge in [-0.25, -0.2) is 0 Å². The van der Waals surface area contributed by atoms with E-state index in [9.17, 15) is 14.9 Å². The summed E-state index contributed by atoms with van der Waals surface area (Å²) in [6, 6.07) is 13.6. The average molecular weight is 420 g/mol. The predicted molar refractivity (Wildman–Crippen MR) is 113 cm³/mol. The Bertz CT molecular complexity index is 1210. The number of nitrogens with one attached hydrogen (secondary N) is 1. The number of nitrogens with zero attached hydrogens (tertiary/aromatic N) is 3. The number of benzene rings is 1. The summed E-state index contributed by atoms with van der Waals surface area (Å²) in [6.45, 7) is 0.509. The number of nitriles is 1. The van der Waals surface area contributed by atoms with E-state index in [0.29, 0.717) is 17.1 Å². The first-order chi connectivity index (χ1) is 15.1. The van der Waals surface area contributed by atoms with Crippen molar-refractivity contribution in [1.29, 1.82) is 5.26 Å². The third-order valence-corrected chi connectivity index (χ3v) is 4.25. The molecule has 1 amide bonds. The van der Waals surface area contributed by atoms with Crippen LogP contribution < -0.4 is 20.3 Å². The zero-order valence-corrected chi connectivity index (χ0v) is 17.0. The molecule has 31 heavy (non-hydrogen) atoms. The molecule has 9 heteroatoms. The lowest BCUT2D eigenvalue weighted by Crippen LogP contribution is -2.28. The van der Waals surface area contributed by atoms with Crippen molar-refractivity contribution < 1.29 is 19.0 Å². The molecule has 1 N–H and O–H groups in total. The largest absolute Gasteiger partial charge is 0.497 e. The van der Waals surface area contributed by atoms with Crippen molar-refractivity contribution in [3.05, 3.63) is 70.2 Å². The number of hydrogen-bond donors (Lipinski definition) is 1. The van der Waals surface area contributed by atoms with Crippen molar-refractivity contribution in [2.24, 2.45) is 0 Å². The van der Waals surface area contributed by atoms with Crippen molar-refractivity contribution in [2.75, 3.05) is 27.4 Å². The van der Waals surface area contributed by atoms with Crippen molar-refractivity contribution in [2.45, 2.75) is 0 Å². The molecule has 0 atom stereocenters. The third-order valence-electron chi connectivity index (χ3n) is 4.25. The van der Waals surface area contributed by atoms with E-state index in [4.69, 9.17) is 14.2 Å². The molecule has 0 unspecified atom stereocenters. The van der Waals surface area contributed by atoms with Crippen LogP contribution in [0.2, 0.25) is 0 Å². The standard InChI is InChI=1S/C22H20N4O5/c1-29-12-10-24-20(27)15(14-23)13-18-21(31-17-8-6-16(30-2)7-9-17)25-19-5-3-4-11-26(19)22(18)28/h3-9,11,13H,10,12H2,1-2H3,(H,24,27)/b15-13+. The molecule has 0 radical (unpaired) electrons. The predicted octanol–water partition coefficient (Wildman–Crippen LogP) is 2.16. The molecule has 0 aliphatic heterocycles. The van der Waals surface area contributed by atoms with Crippen molar-refractivity contribution >= 4 is 17.6 Å². The maximum Gasteiger partial charge on any atom is 0.269 e. The second kappa shape index (κ2) is 10.0. The van der Waals surface area contributed by atoms with Crippen LogP contribution in [0.3, 0.4) is 0 Å². The smallest absolute Gasteiger partial charge is 0.269 e. The van der Waals surface area contributed by atoms with Crippen LogP contribution in [0.4, 0.5) is 0 Å². The maximum atomic E-state index is 13.1. The zero-order valence-electron chi connectivity index (χ0n) is 17.0. The summed E-state index contributed by atoms with van der Waals surface area (Å²) in [5.74, 6) is 0.385. The molecule has 9 nitrogen and oxygen atoms in total. The highest BCUT2D eigenvalue weighted by atomic mass is 16.5. The Morgan fingerprint density at radius 3 is 2.61 bits per heavy atom. The molecule has 2 heterocycles. The van der Waals surface area contributed by atoms with Crippen molar-refractivity contribution in [1.82, 2.24) is 14.7 Å². The van der Waals surface area contributed by atoms with E-state index in [-0.39, 0.29) is 30.2 Å². The zero-order chi connectivity index (χ0) is 22.2. The van der Waals surface area contributed by atoms with E-state index in [0.717, 1.165) is 0 Å². The minimum atomic E-state index is -0.632. The molecule has 0 aliphatic rings. The fourth-order valence-electron chi connectivity index (χ4n) is 2.69. The summed E-state index contributed by atoms with van der Waals surface area (Å²) in [7, 11) is 3.04. The molecule has 2 aromatic heterocycles. The summed E-state index contributed by atoms with van der Waals surface area (Å²) < 4.78 is 17.2. The fourth-order valence-corrected chi connectivity index (χ4v) is 2.69. The lowest BCUT2D eigenvalue weighted by molar-refractivity contribution is -0.117. The molecule has 0 spiro atoms. The summed E-state index contributed by atoms with van der Waals surface area (Å²) in [5, 5.41) is 12.0. The normalized spacial score (nSPS) is 11.1. The molecule has 0 fully saturated rings. The van der Waals surface area contributed by atoms with Crippen LogP contribution in [0.5, 0.6) is 17.4 Å². The van der Waals surface area contributed by atoms with Gasteiger partial charge in [0.25, 0.3) is 11.5 Å². The number of ether oxygens (including phenoxy) is 3. The van der Waals surface area contributed by atoms with E-state index >= 15 is 0 Å². The molecule has 0 aliphatic carbocycles. The number of pyridine rings is 1. The highest BCUT2D eigenvalue weighted by Crippen LogP contribution is 2.25. The van der Waals surface area contributed by atoms with Gasteiger partial charge in [-0.3, -0.25) is 14.0 Å². The lowest BCUT2D eigenvalue weighted by atomic mass is 10.1. The number of fused-ring (bicyclic) bond motifs is 1. The van der Waals surface area contributed by atoms with E-state index in [1.54, 1.807) is 55.8 Å². The van der Waals surface area contributed by atoms with Gasteiger partial charge in [0, 0.05) is 19.9 Å².